The number of nitrogens with zero attached hydrogens (tertiary/aromatic N) is 4. The third kappa shape index (κ3) is 4.35. The highest BCUT2D eigenvalue weighted by molar-refractivity contribution is 5.99. The van der Waals surface area contributed by atoms with E-state index in [0.29, 0.717) is 40.7 Å². The number of rotatable bonds is 6. The predicted octanol–water partition coefficient (Wildman–Crippen LogP) is 3.12. The number of aliphatic hydroxyl groups is 1. The zero-order chi connectivity index (χ0) is 24.7. The van der Waals surface area contributed by atoms with E-state index in [2.05, 4.69) is 15.6 Å². The number of fused-ring (bicyclic) bond motifs is 1. The Bertz CT molecular complexity index is 1410. The molecule has 4 heterocycles. The summed E-state index contributed by atoms with van der Waals surface area (Å²) in [6.45, 7) is 5.76. The zero-order valence-corrected chi connectivity index (χ0v) is 19.6. The molecule has 1 aromatic carbocycles. The van der Waals surface area contributed by atoms with Gasteiger partial charge in [-0.3, -0.25) is 9.59 Å². The number of likely N-dealkylation sites (tertiary alicyclic amines) is 1. The van der Waals surface area contributed by atoms with Crippen molar-refractivity contribution in [2.45, 2.75) is 39.3 Å². The molecule has 3 aromatic heterocycles. The van der Waals surface area contributed by atoms with Gasteiger partial charge in [0, 0.05) is 24.9 Å². The second-order valence-electron chi connectivity index (χ2n) is 8.72. The lowest BCUT2D eigenvalue weighted by molar-refractivity contribution is -0.115. The van der Waals surface area contributed by atoms with Crippen molar-refractivity contribution in [2.24, 2.45) is 0 Å². The molecule has 1 aliphatic rings. The molecule has 35 heavy (non-hydrogen) atoms. The highest BCUT2D eigenvalue weighted by atomic mass is 16.5. The van der Waals surface area contributed by atoms with Gasteiger partial charge < -0.3 is 24.6 Å². The van der Waals surface area contributed by atoms with Crippen LogP contribution in [0.15, 0.2) is 53.3 Å². The first-order valence-electron chi connectivity index (χ1n) is 11.3. The van der Waals surface area contributed by atoms with E-state index < -0.39 is 6.10 Å². The molecule has 5 rings (SSSR count). The van der Waals surface area contributed by atoms with Crippen LogP contribution in [0.25, 0.3) is 5.52 Å². The number of aryl methyl sites for hydroxylation is 2. The monoisotopic (exact) mass is 475 g/mol. The van der Waals surface area contributed by atoms with Crippen LogP contribution < -0.4 is 10.1 Å². The number of carbonyl (C=O) groups excluding carboxylic acids is 2. The zero-order valence-electron chi connectivity index (χ0n) is 19.6. The molecule has 2 N–H and O–H groups in total. The summed E-state index contributed by atoms with van der Waals surface area (Å²) in [5.41, 5.74) is 2.78. The fourth-order valence-electron chi connectivity index (χ4n) is 4.13. The highest BCUT2D eigenvalue weighted by Crippen LogP contribution is 2.32. The number of aromatic nitrogens is 3. The van der Waals surface area contributed by atoms with Gasteiger partial charge in [0.05, 0.1) is 30.3 Å². The molecule has 0 aliphatic carbocycles. The smallest absolute Gasteiger partial charge is 0.256 e. The molecule has 1 fully saturated rings. The first-order chi connectivity index (χ1) is 16.8. The fourth-order valence-corrected chi connectivity index (χ4v) is 4.13. The predicted molar refractivity (Wildman–Crippen MR) is 127 cm³/mol. The van der Waals surface area contributed by atoms with Crippen LogP contribution in [-0.4, -0.2) is 55.3 Å². The van der Waals surface area contributed by atoms with Crippen LogP contribution in [0.4, 0.5) is 5.82 Å². The lowest BCUT2D eigenvalue weighted by Crippen LogP contribution is -2.60. The summed E-state index contributed by atoms with van der Waals surface area (Å²) < 4.78 is 12.7. The highest BCUT2D eigenvalue weighted by Gasteiger charge is 2.38. The molecule has 1 aliphatic heterocycles. The molecule has 1 saturated heterocycles. The number of nitrogens with one attached hydrogen (secondary N) is 1. The van der Waals surface area contributed by atoms with E-state index in [0.717, 1.165) is 11.1 Å². The number of anilines is 1. The first-order valence-corrected chi connectivity index (χ1v) is 11.3. The Labute approximate surface area is 201 Å². The second-order valence-corrected chi connectivity index (χ2v) is 8.72. The lowest BCUT2D eigenvalue weighted by Gasteiger charge is -2.43. The molecule has 4 aromatic rings. The maximum Gasteiger partial charge on any atom is 0.256 e. The van der Waals surface area contributed by atoms with Gasteiger partial charge in [0.25, 0.3) is 5.91 Å². The molecule has 0 bridgehead atoms. The van der Waals surface area contributed by atoms with Crippen molar-refractivity contribution < 1.29 is 24.0 Å². The average molecular weight is 476 g/mol. The quantitative estimate of drug-likeness (QED) is 0.439. The number of ether oxygens (including phenoxy) is 1. The summed E-state index contributed by atoms with van der Waals surface area (Å²) in [6, 6.07) is 10.4. The van der Waals surface area contributed by atoms with E-state index in [1.807, 2.05) is 26.0 Å². The Kier molecular flexibility index (Phi) is 5.73. The fraction of sp³-hybridized carbons (Fsp3) is 0.280. The Hall–Kier alpha value is -4.18. The average Bonchev–Trinajstić information content (AvgIpc) is 3.40. The van der Waals surface area contributed by atoms with E-state index in [1.165, 1.54) is 0 Å². The van der Waals surface area contributed by atoms with Crippen LogP contribution in [0.2, 0.25) is 0 Å². The first kappa shape index (κ1) is 22.6. The molecular weight excluding hydrogens is 450 g/mol. The minimum Gasteiger partial charge on any atom is -0.455 e. The van der Waals surface area contributed by atoms with Gasteiger partial charge in [-0.25, -0.2) is 4.52 Å². The van der Waals surface area contributed by atoms with E-state index in [1.54, 1.807) is 53.0 Å². The number of carbonyl (C=O) groups is 2. The van der Waals surface area contributed by atoms with Gasteiger partial charge in [0.15, 0.2) is 11.6 Å². The molecule has 2 atom stereocenters. The minimum absolute atomic E-state index is 0.139. The van der Waals surface area contributed by atoms with E-state index >= 15 is 0 Å². The second kappa shape index (κ2) is 8.88. The van der Waals surface area contributed by atoms with Crippen molar-refractivity contribution in [2.75, 3.05) is 11.9 Å². The Morgan fingerprint density at radius 2 is 2.00 bits per heavy atom. The molecule has 2 amide bonds. The summed E-state index contributed by atoms with van der Waals surface area (Å²) in [4.78, 5) is 26.9. The molecule has 0 spiro atoms. The van der Waals surface area contributed by atoms with Gasteiger partial charge in [-0.2, -0.15) is 5.10 Å². The Balaban J connectivity index is 1.31. The summed E-state index contributed by atoms with van der Waals surface area (Å²) >= 11 is 0. The van der Waals surface area contributed by atoms with Gasteiger partial charge in [0.1, 0.15) is 17.0 Å². The summed E-state index contributed by atoms with van der Waals surface area (Å²) in [7, 11) is 0. The van der Waals surface area contributed by atoms with Crippen LogP contribution >= 0.6 is 0 Å². The molecule has 180 valence electrons. The molecule has 10 heteroatoms. The normalized spacial score (nSPS) is 17.3. The number of benzene rings is 1. The van der Waals surface area contributed by atoms with Crippen molar-refractivity contribution in [1.29, 1.82) is 0 Å². The number of hydrogen-bond donors (Lipinski definition) is 2. The standard InChI is InChI=1S/C25H25N5O5/c1-14-10-22(28-35-14)27-23(32)11-17-4-6-18(7-5-17)34-21-8-9-26-30-12-19(15(2)24(21)30)25(33)29-13-20(31)16(29)3/h4-10,12,16,20,31H,11,13H2,1-3H3,(H,27,28,32)/t16-,20-/m1/s1. The van der Waals surface area contributed by atoms with Crippen molar-refractivity contribution in [3.05, 3.63) is 71.2 Å². The van der Waals surface area contributed by atoms with E-state index in [4.69, 9.17) is 9.26 Å². The molecule has 0 saturated carbocycles. The molecule has 10 nitrogen and oxygen atoms in total. The number of aliphatic hydroxyl groups excluding tert-OH is 1. The maximum absolute atomic E-state index is 13.0. The van der Waals surface area contributed by atoms with Crippen LogP contribution in [0.3, 0.4) is 0 Å². The summed E-state index contributed by atoms with van der Waals surface area (Å²) in [5, 5.41) is 20.6. The number of β-amino-alcohol motifs (C(OH)–C–C–N with tert-alkyl or cyclic N) is 1. The molecule has 0 radical (unpaired) electrons. The van der Waals surface area contributed by atoms with Crippen LogP contribution in [0.1, 0.15) is 34.2 Å². The molecule has 0 unspecified atom stereocenters. The molecular formula is C25H25N5O5. The summed E-state index contributed by atoms with van der Waals surface area (Å²) in [6.07, 6.45) is 2.98. The number of hydrogen-bond acceptors (Lipinski definition) is 7. The van der Waals surface area contributed by atoms with Crippen molar-refractivity contribution >= 4 is 23.1 Å². The van der Waals surface area contributed by atoms with Crippen molar-refractivity contribution in [3.8, 4) is 11.5 Å². The lowest BCUT2D eigenvalue weighted by atomic mass is 9.99. The summed E-state index contributed by atoms with van der Waals surface area (Å²) in [5.74, 6) is 1.81. The van der Waals surface area contributed by atoms with Crippen LogP contribution in [-0.2, 0) is 11.2 Å². The van der Waals surface area contributed by atoms with Gasteiger partial charge in [0.2, 0.25) is 5.91 Å². The van der Waals surface area contributed by atoms with Gasteiger partial charge in [-0.15, -0.1) is 0 Å². The van der Waals surface area contributed by atoms with Crippen LogP contribution in [0, 0.1) is 13.8 Å². The minimum atomic E-state index is -0.492. The maximum atomic E-state index is 13.0. The Morgan fingerprint density at radius 3 is 2.66 bits per heavy atom. The van der Waals surface area contributed by atoms with Gasteiger partial charge >= 0.3 is 0 Å². The van der Waals surface area contributed by atoms with Crippen molar-refractivity contribution in [3.63, 3.8) is 0 Å². The van der Waals surface area contributed by atoms with E-state index in [-0.39, 0.29) is 24.3 Å². The Morgan fingerprint density at radius 1 is 1.23 bits per heavy atom. The third-order valence-electron chi connectivity index (χ3n) is 6.22. The van der Waals surface area contributed by atoms with Crippen LogP contribution in [0.5, 0.6) is 11.5 Å². The van der Waals surface area contributed by atoms with Gasteiger partial charge in [-0.1, -0.05) is 17.3 Å². The number of amides is 2. The largest absolute Gasteiger partial charge is 0.455 e. The van der Waals surface area contributed by atoms with Gasteiger partial charge in [-0.05, 0) is 44.0 Å². The SMILES string of the molecule is Cc1cc(NC(=O)Cc2ccc(Oc3ccnn4cc(C(=O)N5C[C@@H](O)[C@H]5C)c(C)c34)cc2)no1. The topological polar surface area (TPSA) is 122 Å². The van der Waals surface area contributed by atoms with E-state index in [9.17, 15) is 14.7 Å². The third-order valence-corrected chi connectivity index (χ3v) is 6.22. The van der Waals surface area contributed by atoms with Crippen molar-refractivity contribution in [1.82, 2.24) is 19.7 Å².